The molecule has 4 nitrogen and oxygen atoms in total. The predicted molar refractivity (Wildman–Crippen MR) is 77.2 cm³/mol. The molecular formula is C15H23N3O. The van der Waals surface area contributed by atoms with Gasteiger partial charge in [0.1, 0.15) is 5.69 Å². The standard InChI is InChI=1S/C15H23N3O/c1-4-16-13-5-6-14(17-9-13)15(19)18-8-7-12(10-18)11(2)3/h5-6,9,11-12,16H,4,7-8,10H2,1-3H3. The van der Waals surface area contributed by atoms with Gasteiger partial charge in [-0.05, 0) is 37.3 Å². The average molecular weight is 261 g/mol. The lowest BCUT2D eigenvalue weighted by molar-refractivity contribution is 0.0778. The molecule has 1 amide bonds. The van der Waals surface area contributed by atoms with Gasteiger partial charge in [-0.1, -0.05) is 13.8 Å². The van der Waals surface area contributed by atoms with Crippen molar-refractivity contribution >= 4 is 11.6 Å². The highest BCUT2D eigenvalue weighted by Gasteiger charge is 2.29. The molecule has 0 radical (unpaired) electrons. The zero-order chi connectivity index (χ0) is 13.8. The van der Waals surface area contributed by atoms with Crippen LogP contribution < -0.4 is 5.32 Å². The van der Waals surface area contributed by atoms with E-state index in [9.17, 15) is 4.79 Å². The number of aromatic nitrogens is 1. The van der Waals surface area contributed by atoms with Crippen LogP contribution in [0.2, 0.25) is 0 Å². The van der Waals surface area contributed by atoms with E-state index in [1.54, 1.807) is 6.20 Å². The Balaban J connectivity index is 2.00. The molecule has 1 aliphatic rings. The molecule has 104 valence electrons. The molecule has 1 saturated heterocycles. The van der Waals surface area contributed by atoms with Crippen LogP contribution in [-0.2, 0) is 0 Å². The summed E-state index contributed by atoms with van der Waals surface area (Å²) in [6.45, 7) is 9.07. The van der Waals surface area contributed by atoms with E-state index >= 15 is 0 Å². The highest BCUT2D eigenvalue weighted by atomic mass is 16.2. The molecule has 19 heavy (non-hydrogen) atoms. The Kier molecular flexibility index (Phi) is 4.40. The summed E-state index contributed by atoms with van der Waals surface area (Å²) in [7, 11) is 0. The van der Waals surface area contributed by atoms with Crippen molar-refractivity contribution in [2.24, 2.45) is 11.8 Å². The first kappa shape index (κ1) is 13.8. The maximum atomic E-state index is 12.3. The van der Waals surface area contributed by atoms with Gasteiger partial charge in [0.15, 0.2) is 0 Å². The summed E-state index contributed by atoms with van der Waals surface area (Å²) in [6, 6.07) is 3.72. The van der Waals surface area contributed by atoms with Gasteiger partial charge in [0.05, 0.1) is 11.9 Å². The molecule has 1 atom stereocenters. The van der Waals surface area contributed by atoms with Crippen LogP contribution in [0.5, 0.6) is 0 Å². The molecule has 0 spiro atoms. The van der Waals surface area contributed by atoms with Crippen molar-refractivity contribution in [2.45, 2.75) is 27.2 Å². The minimum Gasteiger partial charge on any atom is -0.384 e. The number of pyridine rings is 1. The van der Waals surface area contributed by atoms with Gasteiger partial charge < -0.3 is 10.2 Å². The second-order valence-corrected chi connectivity index (χ2v) is 5.51. The molecule has 2 rings (SSSR count). The zero-order valence-electron chi connectivity index (χ0n) is 12.0. The zero-order valence-corrected chi connectivity index (χ0v) is 12.0. The van der Waals surface area contributed by atoms with Crippen molar-refractivity contribution in [1.82, 2.24) is 9.88 Å². The van der Waals surface area contributed by atoms with Gasteiger partial charge in [0, 0.05) is 19.6 Å². The fraction of sp³-hybridized carbons (Fsp3) is 0.600. The number of nitrogens with zero attached hydrogens (tertiary/aromatic N) is 2. The number of hydrogen-bond acceptors (Lipinski definition) is 3. The number of likely N-dealkylation sites (tertiary alicyclic amines) is 1. The largest absolute Gasteiger partial charge is 0.384 e. The topological polar surface area (TPSA) is 45.2 Å². The number of amides is 1. The van der Waals surface area contributed by atoms with E-state index in [0.29, 0.717) is 17.5 Å². The third kappa shape index (κ3) is 3.25. The molecule has 1 N–H and O–H groups in total. The number of carbonyl (C=O) groups is 1. The second-order valence-electron chi connectivity index (χ2n) is 5.51. The van der Waals surface area contributed by atoms with Crippen LogP contribution in [0.3, 0.4) is 0 Å². The van der Waals surface area contributed by atoms with E-state index in [0.717, 1.165) is 31.7 Å². The Hall–Kier alpha value is -1.58. The lowest BCUT2D eigenvalue weighted by Gasteiger charge is -2.17. The molecule has 2 heterocycles. The molecule has 1 unspecified atom stereocenters. The van der Waals surface area contributed by atoms with Crippen LogP contribution in [0, 0.1) is 11.8 Å². The Bertz CT molecular complexity index is 428. The lowest BCUT2D eigenvalue weighted by Crippen LogP contribution is -2.30. The molecule has 1 aromatic heterocycles. The van der Waals surface area contributed by atoms with Crippen molar-refractivity contribution in [3.63, 3.8) is 0 Å². The number of carbonyl (C=O) groups excluding carboxylic acids is 1. The average Bonchev–Trinajstić information content (AvgIpc) is 2.89. The van der Waals surface area contributed by atoms with Crippen molar-refractivity contribution in [3.05, 3.63) is 24.0 Å². The fourth-order valence-corrected chi connectivity index (χ4v) is 2.51. The first-order valence-electron chi connectivity index (χ1n) is 7.11. The minimum absolute atomic E-state index is 0.0613. The summed E-state index contributed by atoms with van der Waals surface area (Å²) < 4.78 is 0. The van der Waals surface area contributed by atoms with E-state index in [-0.39, 0.29) is 5.91 Å². The summed E-state index contributed by atoms with van der Waals surface area (Å²) in [5.74, 6) is 1.33. The predicted octanol–water partition coefficient (Wildman–Crippen LogP) is 2.63. The maximum Gasteiger partial charge on any atom is 0.272 e. The molecule has 1 aromatic rings. The Morgan fingerprint density at radius 3 is 2.84 bits per heavy atom. The normalized spacial score (nSPS) is 18.9. The van der Waals surface area contributed by atoms with Crippen molar-refractivity contribution in [1.29, 1.82) is 0 Å². The van der Waals surface area contributed by atoms with E-state index < -0.39 is 0 Å². The number of nitrogens with one attached hydrogen (secondary N) is 1. The minimum atomic E-state index is 0.0613. The summed E-state index contributed by atoms with van der Waals surface area (Å²) in [4.78, 5) is 18.5. The van der Waals surface area contributed by atoms with Crippen LogP contribution in [0.25, 0.3) is 0 Å². The van der Waals surface area contributed by atoms with Crippen LogP contribution in [0.1, 0.15) is 37.7 Å². The fourth-order valence-electron chi connectivity index (χ4n) is 2.51. The molecule has 1 aliphatic heterocycles. The molecular weight excluding hydrogens is 238 g/mol. The number of rotatable bonds is 4. The summed E-state index contributed by atoms with van der Waals surface area (Å²) >= 11 is 0. The number of hydrogen-bond donors (Lipinski definition) is 1. The Morgan fingerprint density at radius 1 is 1.53 bits per heavy atom. The molecule has 4 heteroatoms. The molecule has 0 saturated carbocycles. The molecule has 1 fully saturated rings. The third-order valence-corrected chi connectivity index (χ3v) is 3.82. The number of anilines is 1. The second kappa shape index (κ2) is 6.04. The van der Waals surface area contributed by atoms with Crippen LogP contribution in [0.4, 0.5) is 5.69 Å². The van der Waals surface area contributed by atoms with Gasteiger partial charge in [-0.3, -0.25) is 4.79 Å². The van der Waals surface area contributed by atoms with Crippen molar-refractivity contribution in [3.8, 4) is 0 Å². The van der Waals surface area contributed by atoms with E-state index in [1.807, 2.05) is 24.0 Å². The molecule has 0 bridgehead atoms. The van der Waals surface area contributed by atoms with E-state index in [1.165, 1.54) is 0 Å². The molecule has 0 aromatic carbocycles. The third-order valence-electron chi connectivity index (χ3n) is 3.82. The SMILES string of the molecule is CCNc1ccc(C(=O)N2CCC(C(C)C)C2)nc1. The Morgan fingerprint density at radius 2 is 2.32 bits per heavy atom. The smallest absolute Gasteiger partial charge is 0.272 e. The van der Waals surface area contributed by atoms with Crippen LogP contribution >= 0.6 is 0 Å². The van der Waals surface area contributed by atoms with Crippen LogP contribution in [0.15, 0.2) is 18.3 Å². The van der Waals surface area contributed by atoms with Gasteiger partial charge in [-0.25, -0.2) is 4.98 Å². The quantitative estimate of drug-likeness (QED) is 0.906. The van der Waals surface area contributed by atoms with Crippen molar-refractivity contribution in [2.75, 3.05) is 25.0 Å². The van der Waals surface area contributed by atoms with E-state index in [2.05, 4.69) is 24.1 Å². The van der Waals surface area contributed by atoms with Gasteiger partial charge in [-0.15, -0.1) is 0 Å². The highest BCUT2D eigenvalue weighted by molar-refractivity contribution is 5.92. The van der Waals surface area contributed by atoms with Gasteiger partial charge in [0.2, 0.25) is 0 Å². The first-order valence-corrected chi connectivity index (χ1v) is 7.11. The van der Waals surface area contributed by atoms with E-state index in [4.69, 9.17) is 0 Å². The Labute approximate surface area is 115 Å². The van der Waals surface area contributed by atoms with Crippen LogP contribution in [-0.4, -0.2) is 35.4 Å². The van der Waals surface area contributed by atoms with Gasteiger partial charge >= 0.3 is 0 Å². The lowest BCUT2D eigenvalue weighted by atomic mass is 9.95. The monoisotopic (exact) mass is 261 g/mol. The summed E-state index contributed by atoms with van der Waals surface area (Å²) in [6.07, 6.45) is 2.84. The first-order chi connectivity index (χ1) is 9.11. The van der Waals surface area contributed by atoms with Crippen molar-refractivity contribution < 1.29 is 4.79 Å². The highest BCUT2D eigenvalue weighted by Crippen LogP contribution is 2.24. The maximum absolute atomic E-state index is 12.3. The summed E-state index contributed by atoms with van der Waals surface area (Å²) in [5, 5.41) is 3.18. The molecule has 0 aliphatic carbocycles. The van der Waals surface area contributed by atoms with Gasteiger partial charge in [0.25, 0.3) is 5.91 Å². The summed E-state index contributed by atoms with van der Waals surface area (Å²) in [5.41, 5.74) is 1.51. The van der Waals surface area contributed by atoms with Gasteiger partial charge in [-0.2, -0.15) is 0 Å².